The van der Waals surface area contributed by atoms with E-state index in [4.69, 9.17) is 39.5 Å². The van der Waals surface area contributed by atoms with Gasteiger partial charge in [-0.15, -0.1) is 0 Å². The van der Waals surface area contributed by atoms with Gasteiger partial charge < -0.3 is 15.4 Å². The minimum atomic E-state index is -2.10. The fourth-order valence-electron chi connectivity index (χ4n) is 2.09. The van der Waals surface area contributed by atoms with E-state index in [1.165, 1.54) is 0 Å². The van der Waals surface area contributed by atoms with Crippen LogP contribution in [0.15, 0.2) is 24.3 Å². The average Bonchev–Trinajstić information content (AvgIpc) is 2.97. The van der Waals surface area contributed by atoms with Gasteiger partial charge in [0.2, 0.25) is 0 Å². The Balaban J connectivity index is 2.03. The molecule has 1 fully saturated rings. The number of alkyl halides is 3. The molecule has 120 valence electrons. The van der Waals surface area contributed by atoms with Crippen LogP contribution in [0.3, 0.4) is 0 Å². The number of hydrogen-bond acceptors (Lipinski definition) is 3. The van der Waals surface area contributed by atoms with Crippen molar-refractivity contribution in [2.24, 2.45) is 0 Å². The average molecular weight is 366 g/mol. The van der Waals surface area contributed by atoms with Crippen LogP contribution in [0.4, 0.5) is 5.69 Å². The van der Waals surface area contributed by atoms with Crippen molar-refractivity contribution in [3.63, 3.8) is 0 Å². The molecule has 0 spiro atoms. The van der Waals surface area contributed by atoms with E-state index >= 15 is 0 Å². The summed E-state index contributed by atoms with van der Waals surface area (Å²) < 4.78 is 3.35. The van der Waals surface area contributed by atoms with Gasteiger partial charge in [0, 0.05) is 13.2 Å². The number of carbonyl (C=O) groups is 2. The molecule has 2 rings (SSSR count). The number of benzene rings is 1. The molecule has 0 saturated carbocycles. The summed E-state index contributed by atoms with van der Waals surface area (Å²) in [4.78, 5) is 24.0. The molecule has 1 atom stereocenters. The van der Waals surface area contributed by atoms with Crippen molar-refractivity contribution in [3.8, 4) is 0 Å². The van der Waals surface area contributed by atoms with E-state index in [0.29, 0.717) is 12.1 Å². The molecule has 2 amide bonds. The number of hydrogen-bond donors (Lipinski definition) is 2. The molecule has 22 heavy (non-hydrogen) atoms. The van der Waals surface area contributed by atoms with Crippen LogP contribution in [0.1, 0.15) is 23.2 Å². The Morgan fingerprint density at radius 3 is 2.64 bits per heavy atom. The Kier molecular flexibility index (Phi) is 5.92. The molecule has 1 aliphatic rings. The van der Waals surface area contributed by atoms with Crippen LogP contribution in [0.5, 0.6) is 0 Å². The first-order chi connectivity index (χ1) is 10.4. The van der Waals surface area contributed by atoms with Gasteiger partial charge in [0.1, 0.15) is 0 Å². The first-order valence-electron chi connectivity index (χ1n) is 6.75. The first kappa shape index (κ1) is 17.3. The Labute approximate surface area is 143 Å². The van der Waals surface area contributed by atoms with Crippen LogP contribution in [-0.2, 0) is 9.53 Å². The smallest absolute Gasteiger partial charge is 0.276 e. The highest BCUT2D eigenvalue weighted by atomic mass is 35.6. The highest BCUT2D eigenvalue weighted by molar-refractivity contribution is 6.76. The lowest BCUT2D eigenvalue weighted by molar-refractivity contribution is -0.115. The van der Waals surface area contributed by atoms with Crippen molar-refractivity contribution in [1.29, 1.82) is 0 Å². The van der Waals surface area contributed by atoms with Gasteiger partial charge >= 0.3 is 0 Å². The van der Waals surface area contributed by atoms with Gasteiger partial charge in [-0.25, -0.2) is 0 Å². The number of anilines is 1. The van der Waals surface area contributed by atoms with E-state index in [0.717, 1.165) is 19.4 Å². The van der Waals surface area contributed by atoms with Gasteiger partial charge in [-0.2, -0.15) is 0 Å². The van der Waals surface area contributed by atoms with Crippen LogP contribution >= 0.6 is 34.8 Å². The molecule has 2 N–H and O–H groups in total. The van der Waals surface area contributed by atoms with Gasteiger partial charge in [-0.1, -0.05) is 46.9 Å². The van der Waals surface area contributed by atoms with Crippen molar-refractivity contribution in [3.05, 3.63) is 29.8 Å². The van der Waals surface area contributed by atoms with E-state index in [1.54, 1.807) is 24.3 Å². The summed E-state index contributed by atoms with van der Waals surface area (Å²) in [6.07, 6.45) is 1.95. The molecule has 1 saturated heterocycles. The molecule has 0 bridgehead atoms. The number of nitrogens with one attached hydrogen (secondary N) is 2. The van der Waals surface area contributed by atoms with Crippen molar-refractivity contribution in [1.82, 2.24) is 5.32 Å². The number of carbonyl (C=O) groups excluding carboxylic acids is 2. The molecule has 0 unspecified atom stereocenters. The van der Waals surface area contributed by atoms with Crippen LogP contribution in [-0.4, -0.2) is 34.9 Å². The Hall–Kier alpha value is -1.01. The van der Waals surface area contributed by atoms with Crippen LogP contribution in [0.25, 0.3) is 0 Å². The second kappa shape index (κ2) is 7.51. The monoisotopic (exact) mass is 364 g/mol. The molecule has 5 nitrogen and oxygen atoms in total. The van der Waals surface area contributed by atoms with Gasteiger partial charge in [0.25, 0.3) is 15.6 Å². The zero-order valence-corrected chi connectivity index (χ0v) is 13.8. The number of ether oxygens (including phenoxy) is 1. The van der Waals surface area contributed by atoms with Gasteiger partial charge in [-0.05, 0) is 25.0 Å². The summed E-state index contributed by atoms with van der Waals surface area (Å²) in [7, 11) is 0. The highest BCUT2D eigenvalue weighted by Crippen LogP contribution is 2.28. The minimum absolute atomic E-state index is 0.0341. The number of rotatable bonds is 4. The molecule has 0 aliphatic carbocycles. The van der Waals surface area contributed by atoms with Crippen LogP contribution in [0, 0.1) is 0 Å². The van der Waals surface area contributed by atoms with Gasteiger partial charge in [-0.3, -0.25) is 9.59 Å². The third kappa shape index (κ3) is 4.74. The fraction of sp³-hybridized carbons (Fsp3) is 0.429. The maximum atomic E-state index is 12.2. The Morgan fingerprint density at radius 1 is 1.27 bits per heavy atom. The molecule has 0 aromatic heterocycles. The van der Waals surface area contributed by atoms with E-state index in [9.17, 15) is 9.59 Å². The molecular formula is C14H15Cl3N2O3. The number of amides is 2. The predicted molar refractivity (Wildman–Crippen MR) is 86.7 cm³/mol. The molecule has 1 aliphatic heterocycles. The number of para-hydroxylation sites is 1. The Morgan fingerprint density at radius 2 is 2.00 bits per heavy atom. The molecular weight excluding hydrogens is 351 g/mol. The predicted octanol–water partition coefficient (Wildman–Crippen LogP) is 2.90. The zero-order chi connectivity index (χ0) is 16.2. The first-order valence-corrected chi connectivity index (χ1v) is 7.88. The highest BCUT2D eigenvalue weighted by Gasteiger charge is 2.31. The third-order valence-electron chi connectivity index (χ3n) is 3.19. The summed E-state index contributed by atoms with van der Waals surface area (Å²) in [6.45, 7) is 1.14. The van der Waals surface area contributed by atoms with Crippen molar-refractivity contribution >= 4 is 52.3 Å². The minimum Gasteiger partial charge on any atom is -0.376 e. The molecule has 1 heterocycles. The third-order valence-corrected chi connectivity index (χ3v) is 3.71. The molecule has 0 radical (unpaired) electrons. The maximum Gasteiger partial charge on any atom is 0.276 e. The second-order valence-electron chi connectivity index (χ2n) is 4.84. The van der Waals surface area contributed by atoms with Crippen LogP contribution < -0.4 is 10.6 Å². The van der Waals surface area contributed by atoms with E-state index in [2.05, 4.69) is 10.6 Å². The lowest BCUT2D eigenvalue weighted by Gasteiger charge is -2.15. The van der Waals surface area contributed by atoms with E-state index in [-0.39, 0.29) is 17.7 Å². The molecule has 1 aromatic carbocycles. The lowest BCUT2D eigenvalue weighted by Crippen LogP contribution is -2.33. The van der Waals surface area contributed by atoms with E-state index < -0.39 is 9.70 Å². The lowest BCUT2D eigenvalue weighted by atomic mass is 10.1. The standard InChI is InChI=1S/C14H15Cl3N2O3/c15-14(16,17)13(21)19-11-6-2-1-5-10(11)12(20)18-8-9-4-3-7-22-9/h1-2,5-6,9H,3-4,7-8H2,(H,18,20)(H,19,21)/t9-/m0/s1. The summed E-state index contributed by atoms with van der Waals surface area (Å²) >= 11 is 16.5. The van der Waals surface area contributed by atoms with Crippen molar-refractivity contribution in [2.45, 2.75) is 22.7 Å². The molecule has 8 heteroatoms. The fourth-order valence-corrected chi connectivity index (χ4v) is 2.23. The van der Waals surface area contributed by atoms with Gasteiger partial charge in [0.15, 0.2) is 0 Å². The number of halogens is 3. The van der Waals surface area contributed by atoms with Crippen LogP contribution in [0.2, 0.25) is 0 Å². The normalized spacial score (nSPS) is 18.0. The zero-order valence-electron chi connectivity index (χ0n) is 11.6. The topological polar surface area (TPSA) is 67.4 Å². The van der Waals surface area contributed by atoms with Crippen molar-refractivity contribution in [2.75, 3.05) is 18.5 Å². The molecule has 1 aromatic rings. The maximum absolute atomic E-state index is 12.2. The van der Waals surface area contributed by atoms with Gasteiger partial charge in [0.05, 0.1) is 17.4 Å². The van der Waals surface area contributed by atoms with E-state index in [1.807, 2.05) is 0 Å². The summed E-state index contributed by atoms with van der Waals surface area (Å²) in [5, 5.41) is 5.21. The largest absolute Gasteiger partial charge is 0.376 e. The van der Waals surface area contributed by atoms with Crippen molar-refractivity contribution < 1.29 is 14.3 Å². The quantitative estimate of drug-likeness (QED) is 0.806. The second-order valence-corrected chi connectivity index (χ2v) is 7.12. The Bertz CT molecular complexity index is 555. The summed E-state index contributed by atoms with van der Waals surface area (Å²) in [5.74, 6) is -1.15. The SMILES string of the molecule is O=C(NC[C@@H]1CCCO1)c1ccccc1NC(=O)C(Cl)(Cl)Cl. The summed E-state index contributed by atoms with van der Waals surface area (Å²) in [6, 6.07) is 6.50. The summed E-state index contributed by atoms with van der Waals surface area (Å²) in [5.41, 5.74) is 0.576.